The highest BCUT2D eigenvalue weighted by Gasteiger charge is 2.13. The van der Waals surface area contributed by atoms with Gasteiger partial charge in [0.05, 0.1) is 5.56 Å². The zero-order valence-electron chi connectivity index (χ0n) is 9.26. The van der Waals surface area contributed by atoms with Gasteiger partial charge in [0.25, 0.3) is 0 Å². The van der Waals surface area contributed by atoms with Gasteiger partial charge in [0.15, 0.2) is 0 Å². The topological polar surface area (TPSA) is 39.6 Å². The molecule has 0 unspecified atom stereocenters. The van der Waals surface area contributed by atoms with Gasteiger partial charge in [-0.1, -0.05) is 25.5 Å². The summed E-state index contributed by atoms with van der Waals surface area (Å²) in [6.45, 7) is 6.24. The van der Waals surface area contributed by atoms with Crippen LogP contribution in [0.1, 0.15) is 36.6 Å². The molecule has 1 heterocycles. The molecule has 0 bridgehead atoms. The van der Waals surface area contributed by atoms with E-state index in [4.69, 9.17) is 0 Å². The molecule has 0 radical (unpaired) electrons. The highest BCUT2D eigenvalue weighted by Crippen LogP contribution is 2.27. The molecule has 2 nitrogen and oxygen atoms in total. The Hall–Kier alpha value is -1.75. The molecule has 1 N–H and O–H groups in total. The maximum atomic E-state index is 9.18. The van der Waals surface area contributed by atoms with Crippen LogP contribution in [-0.2, 0) is 0 Å². The lowest BCUT2D eigenvalue weighted by Crippen LogP contribution is -1.89. The largest absolute Gasteiger partial charge is 0.357 e. The number of hydrogen-bond acceptors (Lipinski definition) is 1. The summed E-state index contributed by atoms with van der Waals surface area (Å²) in [4.78, 5) is 3.32. The Morgan fingerprint density at radius 1 is 1.33 bits per heavy atom. The maximum absolute atomic E-state index is 9.18. The van der Waals surface area contributed by atoms with Crippen molar-refractivity contribution in [3.63, 3.8) is 0 Å². The van der Waals surface area contributed by atoms with Crippen molar-refractivity contribution in [2.45, 2.75) is 26.7 Å². The number of rotatable bonds is 1. The van der Waals surface area contributed by atoms with Gasteiger partial charge in [-0.05, 0) is 25.0 Å². The van der Waals surface area contributed by atoms with Gasteiger partial charge in [0, 0.05) is 16.6 Å². The first-order valence-corrected chi connectivity index (χ1v) is 5.16. The van der Waals surface area contributed by atoms with Gasteiger partial charge in [0.1, 0.15) is 6.07 Å². The van der Waals surface area contributed by atoms with Crippen LogP contribution in [-0.4, -0.2) is 4.98 Å². The van der Waals surface area contributed by atoms with Gasteiger partial charge >= 0.3 is 0 Å². The second-order valence-corrected chi connectivity index (χ2v) is 4.23. The van der Waals surface area contributed by atoms with Gasteiger partial charge in [-0.25, -0.2) is 0 Å². The first-order chi connectivity index (χ1) is 7.13. The van der Waals surface area contributed by atoms with Crippen molar-refractivity contribution in [3.8, 4) is 6.07 Å². The fourth-order valence-corrected chi connectivity index (χ4v) is 1.88. The minimum absolute atomic E-state index is 0.354. The quantitative estimate of drug-likeness (QED) is 0.748. The molecule has 0 spiro atoms. The summed E-state index contributed by atoms with van der Waals surface area (Å²) in [5, 5.41) is 10.2. The second kappa shape index (κ2) is 3.43. The number of nitriles is 1. The van der Waals surface area contributed by atoms with Gasteiger partial charge < -0.3 is 4.98 Å². The predicted molar refractivity (Wildman–Crippen MR) is 61.8 cm³/mol. The summed E-state index contributed by atoms with van der Waals surface area (Å²) in [5.41, 5.74) is 4.08. The van der Waals surface area contributed by atoms with Crippen LogP contribution in [0.25, 0.3) is 10.9 Å². The van der Waals surface area contributed by atoms with E-state index in [1.807, 2.05) is 13.0 Å². The summed E-state index contributed by atoms with van der Waals surface area (Å²) < 4.78 is 0. The molecule has 1 aromatic carbocycles. The summed E-state index contributed by atoms with van der Waals surface area (Å²) in [6, 6.07) is 8.46. The molecule has 2 rings (SSSR count). The third kappa shape index (κ3) is 1.50. The van der Waals surface area contributed by atoms with Gasteiger partial charge in [0.2, 0.25) is 0 Å². The van der Waals surface area contributed by atoms with E-state index in [1.54, 1.807) is 0 Å². The summed E-state index contributed by atoms with van der Waals surface area (Å²) in [7, 11) is 0. The number of aromatic nitrogens is 1. The molecule has 0 aliphatic heterocycles. The van der Waals surface area contributed by atoms with Crippen LogP contribution in [0.5, 0.6) is 0 Å². The smallest absolute Gasteiger partial charge is 0.102 e. The fraction of sp³-hybridized carbons (Fsp3) is 0.308. The molecule has 0 aliphatic rings. The van der Waals surface area contributed by atoms with E-state index in [2.05, 4.69) is 37.0 Å². The van der Waals surface area contributed by atoms with Crippen molar-refractivity contribution in [1.82, 2.24) is 4.98 Å². The average molecular weight is 198 g/mol. The van der Waals surface area contributed by atoms with E-state index in [1.165, 1.54) is 5.56 Å². The number of benzene rings is 1. The van der Waals surface area contributed by atoms with Crippen LogP contribution in [0.4, 0.5) is 0 Å². The lowest BCUT2D eigenvalue weighted by molar-refractivity contribution is 0.833. The molecule has 0 amide bonds. The monoisotopic (exact) mass is 198 g/mol. The number of fused-ring (bicyclic) bond motifs is 1. The first-order valence-electron chi connectivity index (χ1n) is 5.16. The van der Waals surface area contributed by atoms with E-state index in [0.717, 1.165) is 22.2 Å². The third-order valence-electron chi connectivity index (χ3n) is 2.67. The third-order valence-corrected chi connectivity index (χ3v) is 2.67. The van der Waals surface area contributed by atoms with Crippen LogP contribution in [0.15, 0.2) is 18.2 Å². The lowest BCUT2D eigenvalue weighted by Gasteiger charge is -2.00. The SMILES string of the molecule is Cc1ccc2[nH]c(C(C)C)c(C#N)c2c1. The number of nitrogens with one attached hydrogen (secondary N) is 1. The zero-order valence-corrected chi connectivity index (χ0v) is 9.26. The molecule has 0 atom stereocenters. The molecule has 2 heteroatoms. The van der Waals surface area contributed by atoms with Crippen LogP contribution in [0.2, 0.25) is 0 Å². The Morgan fingerprint density at radius 3 is 2.67 bits per heavy atom. The van der Waals surface area contributed by atoms with Crippen LogP contribution < -0.4 is 0 Å². The van der Waals surface area contributed by atoms with Crippen LogP contribution in [0, 0.1) is 18.3 Å². The Morgan fingerprint density at radius 2 is 2.07 bits per heavy atom. The van der Waals surface area contributed by atoms with Crippen molar-refractivity contribution in [2.75, 3.05) is 0 Å². The molecule has 0 saturated heterocycles. The number of H-pyrrole nitrogens is 1. The molecule has 1 aromatic heterocycles. The fourth-order valence-electron chi connectivity index (χ4n) is 1.88. The van der Waals surface area contributed by atoms with Crippen molar-refractivity contribution in [3.05, 3.63) is 35.0 Å². The molecule has 0 saturated carbocycles. The maximum Gasteiger partial charge on any atom is 0.102 e. The van der Waals surface area contributed by atoms with E-state index in [-0.39, 0.29) is 0 Å². The Bertz CT molecular complexity index is 541. The predicted octanol–water partition coefficient (Wildman–Crippen LogP) is 3.47. The average Bonchev–Trinajstić information content (AvgIpc) is 2.55. The number of aromatic amines is 1. The normalized spacial score (nSPS) is 10.9. The molecule has 76 valence electrons. The van der Waals surface area contributed by atoms with Crippen molar-refractivity contribution >= 4 is 10.9 Å². The Balaban J connectivity index is 2.81. The van der Waals surface area contributed by atoms with Crippen LogP contribution >= 0.6 is 0 Å². The highest BCUT2D eigenvalue weighted by atomic mass is 14.7. The van der Waals surface area contributed by atoms with E-state index in [9.17, 15) is 5.26 Å². The Labute approximate surface area is 89.5 Å². The molecular weight excluding hydrogens is 184 g/mol. The van der Waals surface area contributed by atoms with Crippen molar-refractivity contribution < 1.29 is 0 Å². The van der Waals surface area contributed by atoms with Gasteiger partial charge in [-0.15, -0.1) is 0 Å². The summed E-state index contributed by atoms with van der Waals surface area (Å²) >= 11 is 0. The summed E-state index contributed by atoms with van der Waals surface area (Å²) in [5.74, 6) is 0.354. The lowest BCUT2D eigenvalue weighted by atomic mass is 10.0. The summed E-state index contributed by atoms with van der Waals surface area (Å²) in [6.07, 6.45) is 0. The highest BCUT2D eigenvalue weighted by molar-refractivity contribution is 5.88. The minimum Gasteiger partial charge on any atom is -0.357 e. The van der Waals surface area contributed by atoms with E-state index >= 15 is 0 Å². The van der Waals surface area contributed by atoms with Gasteiger partial charge in [-0.2, -0.15) is 5.26 Å². The standard InChI is InChI=1S/C13H14N2/c1-8(2)13-11(7-14)10-6-9(3)4-5-12(10)15-13/h4-6,8,15H,1-3H3. The van der Waals surface area contributed by atoms with Crippen molar-refractivity contribution in [2.24, 2.45) is 0 Å². The van der Waals surface area contributed by atoms with Crippen LogP contribution in [0.3, 0.4) is 0 Å². The van der Waals surface area contributed by atoms with E-state index < -0.39 is 0 Å². The number of nitrogens with zero attached hydrogens (tertiary/aromatic N) is 1. The van der Waals surface area contributed by atoms with Gasteiger partial charge in [-0.3, -0.25) is 0 Å². The number of hydrogen-bond donors (Lipinski definition) is 1. The molecule has 15 heavy (non-hydrogen) atoms. The van der Waals surface area contributed by atoms with E-state index in [0.29, 0.717) is 5.92 Å². The molecule has 0 aliphatic carbocycles. The molecule has 0 fully saturated rings. The number of aryl methyl sites for hydroxylation is 1. The molecular formula is C13H14N2. The second-order valence-electron chi connectivity index (χ2n) is 4.23. The van der Waals surface area contributed by atoms with Crippen molar-refractivity contribution in [1.29, 1.82) is 5.26 Å². The zero-order chi connectivity index (χ0) is 11.0. The minimum atomic E-state index is 0.354. The Kier molecular flexibility index (Phi) is 2.24. The molecule has 2 aromatic rings. The first kappa shape index (κ1) is 9.79.